The number of aromatic amines is 1. The van der Waals surface area contributed by atoms with Crippen molar-refractivity contribution >= 4 is 29.0 Å². The number of halogens is 1. The second kappa shape index (κ2) is 5.80. The lowest BCUT2D eigenvalue weighted by atomic mass is 9.94. The molecule has 2 aliphatic rings. The van der Waals surface area contributed by atoms with Gasteiger partial charge in [-0.05, 0) is 48.6 Å². The van der Waals surface area contributed by atoms with Crippen LogP contribution >= 0.6 is 23.1 Å². The van der Waals surface area contributed by atoms with E-state index in [2.05, 4.69) is 34.0 Å². The van der Waals surface area contributed by atoms with Crippen molar-refractivity contribution < 1.29 is 4.79 Å². The molecule has 6 heteroatoms. The molecular formula is C17H17ClN2O2S. The number of aromatic nitrogens is 1. The highest BCUT2D eigenvalue weighted by molar-refractivity contribution is 7.08. The molecule has 4 nitrogen and oxygen atoms in total. The number of amides is 1. The minimum absolute atomic E-state index is 0.00300. The minimum Gasteiger partial charge on any atom is -0.348 e. The highest BCUT2D eigenvalue weighted by atomic mass is 35.5. The van der Waals surface area contributed by atoms with Crippen LogP contribution < -0.4 is 10.9 Å². The molecule has 0 spiro atoms. The van der Waals surface area contributed by atoms with Crippen molar-refractivity contribution in [3.05, 3.63) is 55.6 Å². The molecule has 1 amide bonds. The zero-order valence-electron chi connectivity index (χ0n) is 12.5. The highest BCUT2D eigenvalue weighted by Crippen LogP contribution is 2.40. The summed E-state index contributed by atoms with van der Waals surface area (Å²) in [4.78, 5) is 24.2. The van der Waals surface area contributed by atoms with Crippen molar-refractivity contribution in [2.75, 3.05) is 0 Å². The Morgan fingerprint density at radius 1 is 1.17 bits per heavy atom. The van der Waals surface area contributed by atoms with E-state index in [1.54, 1.807) is 0 Å². The maximum Gasteiger partial charge on any atom is 0.277 e. The van der Waals surface area contributed by atoms with Crippen molar-refractivity contribution in [2.45, 2.75) is 31.7 Å². The molecule has 23 heavy (non-hydrogen) atoms. The van der Waals surface area contributed by atoms with Gasteiger partial charge in [-0.15, -0.1) is 0 Å². The third-order valence-electron chi connectivity index (χ3n) is 5.16. The molecule has 0 aliphatic heterocycles. The van der Waals surface area contributed by atoms with Gasteiger partial charge < -0.3 is 5.32 Å². The number of rotatable bonds is 2. The van der Waals surface area contributed by atoms with E-state index in [0.29, 0.717) is 11.8 Å². The first-order chi connectivity index (χ1) is 11.1. The van der Waals surface area contributed by atoms with Crippen LogP contribution in [0, 0.1) is 11.8 Å². The number of nitrogens with one attached hydrogen (secondary N) is 2. The normalized spacial score (nSPS) is 25.7. The van der Waals surface area contributed by atoms with Gasteiger partial charge in [0, 0.05) is 6.04 Å². The Labute approximate surface area is 143 Å². The second-order valence-electron chi connectivity index (χ2n) is 6.45. The number of carbonyl (C=O) groups excluding carboxylic acids is 1. The minimum atomic E-state index is -0.391. The topological polar surface area (TPSA) is 62.0 Å². The lowest BCUT2D eigenvalue weighted by Crippen LogP contribution is -2.41. The van der Waals surface area contributed by atoms with E-state index in [4.69, 9.17) is 11.6 Å². The first-order valence-corrected chi connectivity index (χ1v) is 9.07. The number of carbonyl (C=O) groups is 1. The molecule has 2 bridgehead atoms. The molecule has 1 aromatic carbocycles. The van der Waals surface area contributed by atoms with E-state index in [1.807, 2.05) is 0 Å². The van der Waals surface area contributed by atoms with Crippen LogP contribution in [0.4, 0.5) is 0 Å². The van der Waals surface area contributed by atoms with Gasteiger partial charge in [0.1, 0.15) is 9.90 Å². The van der Waals surface area contributed by atoms with Crippen LogP contribution in [-0.4, -0.2) is 16.3 Å². The fourth-order valence-corrected chi connectivity index (χ4v) is 4.98. The van der Waals surface area contributed by atoms with E-state index in [0.717, 1.165) is 37.2 Å². The van der Waals surface area contributed by atoms with Crippen LogP contribution in [0.3, 0.4) is 0 Å². The van der Waals surface area contributed by atoms with Crippen molar-refractivity contribution in [3.63, 3.8) is 0 Å². The molecule has 4 rings (SSSR count). The van der Waals surface area contributed by atoms with E-state index >= 15 is 0 Å². The molecule has 1 aromatic heterocycles. The highest BCUT2D eigenvalue weighted by Gasteiger charge is 2.40. The largest absolute Gasteiger partial charge is 0.348 e. The van der Waals surface area contributed by atoms with Crippen molar-refractivity contribution in [3.8, 4) is 0 Å². The van der Waals surface area contributed by atoms with Gasteiger partial charge in [0.05, 0.1) is 0 Å². The van der Waals surface area contributed by atoms with E-state index in [-0.39, 0.29) is 21.8 Å². The van der Waals surface area contributed by atoms with Crippen LogP contribution in [0.2, 0.25) is 5.02 Å². The van der Waals surface area contributed by atoms with Gasteiger partial charge in [0.2, 0.25) is 0 Å². The molecule has 1 fully saturated rings. The Hall–Kier alpha value is -1.59. The molecule has 2 atom stereocenters. The molecule has 1 heterocycles. The number of H-pyrrole nitrogens is 1. The zero-order valence-corrected chi connectivity index (χ0v) is 14.0. The van der Waals surface area contributed by atoms with Crippen LogP contribution in [0.25, 0.3) is 0 Å². The average Bonchev–Trinajstić information content (AvgIpc) is 3.00. The number of hydrogen-bond donors (Lipinski definition) is 2. The van der Waals surface area contributed by atoms with Gasteiger partial charge in [-0.3, -0.25) is 14.0 Å². The van der Waals surface area contributed by atoms with Gasteiger partial charge >= 0.3 is 0 Å². The van der Waals surface area contributed by atoms with Gasteiger partial charge in [-0.25, -0.2) is 0 Å². The monoisotopic (exact) mass is 348 g/mol. The molecule has 2 N–H and O–H groups in total. The standard InChI is InChI=1S/C17H17ClN2O2S/c18-13-15(23-20-16(13)21)17(22)19-14-11-5-6-12(14)8-10-4-2-1-3-9(10)7-11/h1-4,11-12,14H,5-8H2,(H,19,22)(H,20,21). The Balaban J connectivity index is 1.58. The van der Waals surface area contributed by atoms with Crippen molar-refractivity contribution in [2.24, 2.45) is 11.8 Å². The number of hydrogen-bond acceptors (Lipinski definition) is 3. The fourth-order valence-electron chi connectivity index (χ4n) is 4.04. The predicted molar refractivity (Wildman–Crippen MR) is 91.3 cm³/mol. The Bertz CT molecular complexity index is 780. The van der Waals surface area contributed by atoms with Crippen LogP contribution in [0.1, 0.15) is 33.6 Å². The fraction of sp³-hybridized carbons (Fsp3) is 0.412. The van der Waals surface area contributed by atoms with Crippen molar-refractivity contribution in [1.29, 1.82) is 0 Å². The summed E-state index contributed by atoms with van der Waals surface area (Å²) in [7, 11) is 0. The molecule has 2 aliphatic carbocycles. The van der Waals surface area contributed by atoms with Gasteiger partial charge in [0.25, 0.3) is 11.5 Å². The summed E-state index contributed by atoms with van der Waals surface area (Å²) in [5.41, 5.74) is 2.42. The van der Waals surface area contributed by atoms with Crippen molar-refractivity contribution in [1.82, 2.24) is 9.69 Å². The van der Waals surface area contributed by atoms with E-state index < -0.39 is 5.56 Å². The van der Waals surface area contributed by atoms with Gasteiger partial charge in [-0.2, -0.15) is 0 Å². The summed E-state index contributed by atoms with van der Waals surface area (Å²) >= 11 is 6.93. The summed E-state index contributed by atoms with van der Waals surface area (Å²) < 4.78 is 2.51. The van der Waals surface area contributed by atoms with Crippen LogP contribution in [0.5, 0.6) is 0 Å². The molecule has 0 radical (unpaired) electrons. The quantitative estimate of drug-likeness (QED) is 0.876. The number of benzene rings is 1. The van der Waals surface area contributed by atoms with Crippen LogP contribution in [-0.2, 0) is 12.8 Å². The maximum atomic E-state index is 12.5. The second-order valence-corrected chi connectivity index (χ2v) is 7.64. The predicted octanol–water partition coefficient (Wildman–Crippen LogP) is 3.01. The molecule has 2 unspecified atom stereocenters. The first-order valence-electron chi connectivity index (χ1n) is 7.88. The first kappa shape index (κ1) is 15.0. The lowest BCUT2D eigenvalue weighted by Gasteiger charge is -2.23. The van der Waals surface area contributed by atoms with Crippen LogP contribution in [0.15, 0.2) is 29.1 Å². The summed E-state index contributed by atoms with van der Waals surface area (Å²) in [6.07, 6.45) is 4.30. The molecule has 0 saturated heterocycles. The molecule has 120 valence electrons. The van der Waals surface area contributed by atoms with Gasteiger partial charge in [0.15, 0.2) is 0 Å². The average molecular weight is 349 g/mol. The lowest BCUT2D eigenvalue weighted by molar-refractivity contribution is 0.0920. The third-order valence-corrected chi connectivity index (χ3v) is 6.51. The summed E-state index contributed by atoms with van der Waals surface area (Å²) in [5, 5.41) is 3.15. The smallest absolute Gasteiger partial charge is 0.277 e. The Morgan fingerprint density at radius 3 is 2.30 bits per heavy atom. The van der Waals surface area contributed by atoms with E-state index in [9.17, 15) is 9.59 Å². The van der Waals surface area contributed by atoms with Gasteiger partial charge in [-0.1, -0.05) is 47.4 Å². The molecular weight excluding hydrogens is 332 g/mol. The molecule has 1 saturated carbocycles. The Morgan fingerprint density at radius 2 is 1.78 bits per heavy atom. The summed E-state index contributed by atoms with van der Waals surface area (Å²) in [6.45, 7) is 0. The Kier molecular flexibility index (Phi) is 3.77. The maximum absolute atomic E-state index is 12.5. The SMILES string of the molecule is O=C(NC1C2CCC1Cc1ccccc1C2)c1s[nH]c(=O)c1Cl. The number of fused-ring (bicyclic) bond motifs is 3. The molecule has 2 aromatic rings. The summed E-state index contributed by atoms with van der Waals surface area (Å²) in [5.74, 6) is 0.690. The third kappa shape index (κ3) is 2.62. The zero-order chi connectivity index (χ0) is 16.0. The summed E-state index contributed by atoms with van der Waals surface area (Å²) in [6, 6.07) is 8.72. The van der Waals surface area contributed by atoms with E-state index in [1.165, 1.54) is 11.1 Å².